The molecule has 1 N–H and O–H groups in total. The summed E-state index contributed by atoms with van der Waals surface area (Å²) in [6, 6.07) is 4.73. The Kier molecular flexibility index (Phi) is 8.50. The van der Waals surface area contributed by atoms with Crippen LogP contribution in [0.1, 0.15) is 40.5 Å². The highest BCUT2D eigenvalue weighted by Gasteiger charge is 2.32. The van der Waals surface area contributed by atoms with Crippen LogP contribution in [0.2, 0.25) is 0 Å². The summed E-state index contributed by atoms with van der Waals surface area (Å²) in [6.45, 7) is 4.45. The number of likely N-dealkylation sites (N-methyl/N-ethyl adjacent to an activating group) is 1. The fraction of sp³-hybridized carbons (Fsp3) is 0.462. The molecule has 0 aromatic carbocycles. The lowest BCUT2D eigenvalue weighted by molar-refractivity contribution is -0.136. The molecule has 0 radical (unpaired) electrons. The predicted octanol–water partition coefficient (Wildman–Crippen LogP) is 1.83. The number of urea groups is 1. The molecule has 2 aromatic heterocycles. The van der Waals surface area contributed by atoms with Crippen LogP contribution < -0.4 is 15.0 Å². The maximum Gasteiger partial charge on any atom is 0.328 e. The van der Waals surface area contributed by atoms with Crippen molar-refractivity contribution in [1.82, 2.24) is 19.8 Å². The fourth-order valence-corrected chi connectivity index (χ4v) is 4.54. The van der Waals surface area contributed by atoms with Gasteiger partial charge in [0.25, 0.3) is 0 Å². The molecule has 3 amide bonds. The van der Waals surface area contributed by atoms with E-state index in [1.54, 1.807) is 12.0 Å². The highest BCUT2D eigenvalue weighted by Crippen LogP contribution is 2.32. The second-order valence-corrected chi connectivity index (χ2v) is 9.39. The molecule has 1 fully saturated rings. The SMILES string of the molecule is COCCOc1cc(NC(=O)N2c3nc(C=O)c(CN4CCN(C)CC4=O)cc3CC[C@H]2C)ncc1C#N. The lowest BCUT2D eigenvalue weighted by atomic mass is 9.97. The molecule has 12 nitrogen and oxygen atoms in total. The van der Waals surface area contributed by atoms with Gasteiger partial charge in [-0.1, -0.05) is 0 Å². The van der Waals surface area contributed by atoms with E-state index in [-0.39, 0.29) is 41.4 Å². The first kappa shape index (κ1) is 27.0. The molecule has 2 aliphatic heterocycles. The third-order valence-electron chi connectivity index (χ3n) is 6.66. The number of anilines is 2. The third-order valence-corrected chi connectivity index (χ3v) is 6.66. The van der Waals surface area contributed by atoms with Crippen molar-refractivity contribution >= 4 is 29.9 Å². The first-order valence-electron chi connectivity index (χ1n) is 12.4. The van der Waals surface area contributed by atoms with Crippen LogP contribution in [-0.4, -0.2) is 91.0 Å². The number of fused-ring (bicyclic) bond motifs is 1. The lowest BCUT2D eigenvalue weighted by Gasteiger charge is -2.35. The van der Waals surface area contributed by atoms with Gasteiger partial charge in [0.2, 0.25) is 5.91 Å². The van der Waals surface area contributed by atoms with Crippen LogP contribution in [0.25, 0.3) is 0 Å². The smallest absolute Gasteiger partial charge is 0.328 e. The second-order valence-electron chi connectivity index (χ2n) is 9.39. The molecule has 2 aromatic rings. The van der Waals surface area contributed by atoms with Gasteiger partial charge >= 0.3 is 6.03 Å². The number of carbonyl (C=O) groups is 3. The number of hydrogen-bond acceptors (Lipinski definition) is 9. The Hall–Kier alpha value is -4.08. The number of piperazine rings is 1. The molecule has 1 saturated heterocycles. The number of methoxy groups -OCH3 is 1. The minimum absolute atomic E-state index is 0.00318. The number of amides is 3. The average Bonchev–Trinajstić information content (AvgIpc) is 2.90. The molecule has 12 heteroatoms. The number of hydrogen-bond donors (Lipinski definition) is 1. The molecule has 0 saturated carbocycles. The van der Waals surface area contributed by atoms with Crippen molar-refractivity contribution in [3.8, 4) is 11.8 Å². The molecule has 0 bridgehead atoms. The number of carbonyl (C=O) groups excluding carboxylic acids is 3. The van der Waals surface area contributed by atoms with E-state index in [2.05, 4.69) is 15.3 Å². The summed E-state index contributed by atoms with van der Waals surface area (Å²) in [5.74, 6) is 0.901. The van der Waals surface area contributed by atoms with Gasteiger partial charge in [-0.25, -0.2) is 14.8 Å². The van der Waals surface area contributed by atoms with Gasteiger partial charge in [-0.05, 0) is 38.4 Å². The summed E-state index contributed by atoms with van der Waals surface area (Å²) < 4.78 is 10.6. The van der Waals surface area contributed by atoms with Gasteiger partial charge in [-0.2, -0.15) is 5.26 Å². The standard InChI is InChI=1S/C26H31N7O5/c1-17-4-5-18-10-19(14-32-7-6-31(2)15-24(32)35)21(16-34)29-25(18)33(17)26(36)30-23-11-22(38-9-8-37-3)20(12-27)13-28-23/h10-11,13,16-17H,4-9,14-15H2,1-3H3,(H,28,30,36)/t17-/m1/s1. The molecule has 4 heterocycles. The quantitative estimate of drug-likeness (QED) is 0.407. The van der Waals surface area contributed by atoms with Gasteiger partial charge in [0, 0.05) is 44.4 Å². The van der Waals surface area contributed by atoms with E-state index in [1.165, 1.54) is 17.2 Å². The second kappa shape index (κ2) is 12.0. The van der Waals surface area contributed by atoms with Gasteiger partial charge < -0.3 is 14.4 Å². The van der Waals surface area contributed by atoms with E-state index < -0.39 is 6.03 Å². The van der Waals surface area contributed by atoms with Crippen LogP contribution in [-0.2, 0) is 22.5 Å². The Bertz CT molecular complexity index is 1260. The van der Waals surface area contributed by atoms with Crippen molar-refractivity contribution in [3.63, 3.8) is 0 Å². The van der Waals surface area contributed by atoms with Crippen molar-refractivity contribution in [3.05, 3.63) is 40.7 Å². The minimum Gasteiger partial charge on any atom is -0.490 e. The number of rotatable bonds is 8. The number of nitriles is 1. The van der Waals surface area contributed by atoms with E-state index in [0.717, 1.165) is 12.1 Å². The van der Waals surface area contributed by atoms with Gasteiger partial charge in [-0.3, -0.25) is 24.7 Å². The maximum absolute atomic E-state index is 13.4. The molecule has 1 atom stereocenters. The molecule has 38 heavy (non-hydrogen) atoms. The summed E-state index contributed by atoms with van der Waals surface area (Å²) in [6.07, 6.45) is 3.38. The van der Waals surface area contributed by atoms with E-state index in [0.29, 0.717) is 56.8 Å². The minimum atomic E-state index is -0.468. The topological polar surface area (TPSA) is 141 Å². The highest BCUT2D eigenvalue weighted by atomic mass is 16.5. The Morgan fingerprint density at radius 3 is 2.84 bits per heavy atom. The molecule has 0 aliphatic carbocycles. The van der Waals surface area contributed by atoms with Gasteiger partial charge in [0.1, 0.15) is 41.3 Å². The predicted molar refractivity (Wildman–Crippen MR) is 138 cm³/mol. The fourth-order valence-electron chi connectivity index (χ4n) is 4.54. The zero-order chi connectivity index (χ0) is 27.2. The van der Waals surface area contributed by atoms with Gasteiger partial charge in [-0.15, -0.1) is 0 Å². The highest BCUT2D eigenvalue weighted by molar-refractivity contribution is 6.02. The number of aldehydes is 1. The van der Waals surface area contributed by atoms with Crippen LogP contribution in [0.4, 0.5) is 16.4 Å². The summed E-state index contributed by atoms with van der Waals surface area (Å²) in [4.78, 5) is 51.8. The summed E-state index contributed by atoms with van der Waals surface area (Å²) >= 11 is 0. The van der Waals surface area contributed by atoms with Crippen LogP contribution >= 0.6 is 0 Å². The largest absolute Gasteiger partial charge is 0.490 e. The Labute approximate surface area is 221 Å². The van der Waals surface area contributed by atoms with Gasteiger partial charge in [0.05, 0.1) is 19.3 Å². The first-order chi connectivity index (χ1) is 18.3. The molecule has 200 valence electrons. The van der Waals surface area contributed by atoms with Gasteiger partial charge in [0.15, 0.2) is 6.29 Å². The lowest BCUT2D eigenvalue weighted by Crippen LogP contribution is -2.48. The average molecular weight is 522 g/mol. The summed E-state index contributed by atoms with van der Waals surface area (Å²) in [7, 11) is 3.44. The first-order valence-corrected chi connectivity index (χ1v) is 12.4. The Morgan fingerprint density at radius 2 is 2.13 bits per heavy atom. The molecular weight excluding hydrogens is 490 g/mol. The molecular formula is C26H31N7O5. The maximum atomic E-state index is 13.4. The van der Waals surface area contributed by atoms with Crippen LogP contribution in [0.3, 0.4) is 0 Å². The number of nitrogens with one attached hydrogen (secondary N) is 1. The Morgan fingerprint density at radius 1 is 1.32 bits per heavy atom. The molecule has 0 unspecified atom stereocenters. The van der Waals surface area contributed by atoms with Crippen LogP contribution in [0.15, 0.2) is 18.3 Å². The zero-order valence-electron chi connectivity index (χ0n) is 21.8. The van der Waals surface area contributed by atoms with E-state index >= 15 is 0 Å². The molecule has 4 rings (SSSR count). The molecule has 2 aliphatic rings. The zero-order valence-corrected chi connectivity index (χ0v) is 21.8. The van der Waals surface area contributed by atoms with Crippen LogP contribution in [0.5, 0.6) is 5.75 Å². The summed E-state index contributed by atoms with van der Waals surface area (Å²) in [5, 5.41) is 12.1. The Balaban J connectivity index is 1.57. The normalized spacial score (nSPS) is 17.5. The van der Waals surface area contributed by atoms with Crippen molar-refractivity contribution in [2.45, 2.75) is 32.4 Å². The number of aryl methyl sites for hydroxylation is 1. The summed E-state index contributed by atoms with van der Waals surface area (Å²) in [5.41, 5.74) is 1.93. The number of ether oxygens (including phenoxy) is 2. The van der Waals surface area contributed by atoms with E-state index in [1.807, 2.05) is 31.0 Å². The van der Waals surface area contributed by atoms with Crippen LogP contribution in [0, 0.1) is 11.3 Å². The number of aromatic nitrogens is 2. The van der Waals surface area contributed by atoms with Crippen molar-refractivity contribution in [2.75, 3.05) is 57.2 Å². The number of pyridine rings is 2. The van der Waals surface area contributed by atoms with Crippen molar-refractivity contribution in [1.29, 1.82) is 5.26 Å². The van der Waals surface area contributed by atoms with Crippen molar-refractivity contribution < 1.29 is 23.9 Å². The van der Waals surface area contributed by atoms with Crippen molar-refractivity contribution in [2.24, 2.45) is 0 Å². The monoisotopic (exact) mass is 521 g/mol. The molecule has 0 spiro atoms. The van der Waals surface area contributed by atoms with E-state index in [4.69, 9.17) is 9.47 Å². The van der Waals surface area contributed by atoms with E-state index in [9.17, 15) is 19.6 Å². The number of nitrogens with zero attached hydrogens (tertiary/aromatic N) is 6. The third kappa shape index (κ3) is 5.90.